The molecule has 16 heavy (non-hydrogen) atoms. The van der Waals surface area contributed by atoms with Crippen LogP contribution in [0.15, 0.2) is 32.5 Å². The van der Waals surface area contributed by atoms with Crippen LogP contribution in [0.5, 0.6) is 0 Å². The van der Waals surface area contributed by atoms with Gasteiger partial charge in [-0.05, 0) is 24.8 Å². The second-order valence-corrected chi connectivity index (χ2v) is 6.37. The zero-order valence-electron chi connectivity index (χ0n) is 8.83. The van der Waals surface area contributed by atoms with Crippen molar-refractivity contribution in [1.29, 1.82) is 0 Å². The molecule has 0 spiro atoms. The van der Waals surface area contributed by atoms with Gasteiger partial charge in [0.05, 0.1) is 9.80 Å². The zero-order chi connectivity index (χ0) is 11.8. The van der Waals surface area contributed by atoms with E-state index >= 15 is 0 Å². The van der Waals surface area contributed by atoms with Gasteiger partial charge in [-0.3, -0.25) is 0 Å². The maximum Gasteiger partial charge on any atom is 0.204 e. The molecule has 1 N–H and O–H groups in total. The second-order valence-electron chi connectivity index (χ2n) is 3.55. The molecule has 1 aliphatic heterocycles. The van der Waals surface area contributed by atoms with Crippen LogP contribution >= 0.6 is 15.9 Å². The molecule has 0 radical (unpaired) electrons. The zero-order valence-corrected chi connectivity index (χ0v) is 11.2. The Morgan fingerprint density at radius 1 is 1.38 bits per heavy atom. The van der Waals surface area contributed by atoms with Gasteiger partial charge in [0, 0.05) is 16.6 Å². The van der Waals surface area contributed by atoms with Gasteiger partial charge in [0.15, 0.2) is 0 Å². The molecule has 0 aliphatic carbocycles. The number of likely N-dealkylation sites (N-methyl/N-ethyl adjacent to an activating group) is 1. The Hall–Kier alpha value is -0.650. The highest BCUT2D eigenvalue weighted by molar-refractivity contribution is 9.10. The van der Waals surface area contributed by atoms with E-state index in [1.165, 1.54) is 0 Å². The lowest BCUT2D eigenvalue weighted by atomic mass is 10.2. The van der Waals surface area contributed by atoms with Crippen LogP contribution in [0.4, 0.5) is 0 Å². The van der Waals surface area contributed by atoms with Crippen molar-refractivity contribution in [2.45, 2.75) is 11.8 Å². The summed E-state index contributed by atoms with van der Waals surface area (Å²) in [6.07, 6.45) is 1.73. The Balaban J connectivity index is 2.49. The van der Waals surface area contributed by atoms with Gasteiger partial charge in [-0.1, -0.05) is 28.9 Å². The Bertz CT molecular complexity index is 549. The van der Waals surface area contributed by atoms with Crippen LogP contribution in [-0.4, -0.2) is 21.5 Å². The van der Waals surface area contributed by atoms with Crippen LogP contribution in [0, 0.1) is 0 Å². The molecule has 86 valence electrons. The van der Waals surface area contributed by atoms with Crippen LogP contribution in [0.1, 0.15) is 12.5 Å². The molecule has 1 aromatic rings. The third-order valence-corrected chi connectivity index (χ3v) is 5.08. The van der Waals surface area contributed by atoms with Crippen molar-refractivity contribution in [2.24, 2.45) is 0 Å². The summed E-state index contributed by atoms with van der Waals surface area (Å²) < 4.78 is 25.0. The summed E-state index contributed by atoms with van der Waals surface area (Å²) in [6.45, 7) is 3.09. The van der Waals surface area contributed by atoms with E-state index in [4.69, 9.17) is 0 Å². The quantitative estimate of drug-likeness (QED) is 0.931. The van der Waals surface area contributed by atoms with E-state index in [9.17, 15) is 8.42 Å². The molecule has 0 bridgehead atoms. The predicted molar refractivity (Wildman–Crippen MR) is 67.8 cm³/mol. The first kappa shape index (κ1) is 11.8. The summed E-state index contributed by atoms with van der Waals surface area (Å²) in [7, 11) is -3.27. The fraction of sp³-hybridized carbons (Fsp3) is 0.273. The smallest absolute Gasteiger partial charge is 0.204 e. The molecular formula is C11H12BrNO2S. The number of fused-ring (bicyclic) bond motifs is 1. The van der Waals surface area contributed by atoms with E-state index in [0.29, 0.717) is 16.3 Å². The summed E-state index contributed by atoms with van der Waals surface area (Å²) in [5, 5.41) is 3.04. The standard InChI is InChI=1S/C11H12BrNO2S/c1-2-13-7-8-6-9-10(12)4-3-5-11(9)16(8,14)15/h3-6,13H,2,7H2,1H3. The maximum atomic E-state index is 12.1. The van der Waals surface area contributed by atoms with Crippen molar-refractivity contribution in [3.05, 3.63) is 33.1 Å². The summed E-state index contributed by atoms with van der Waals surface area (Å²) in [5.74, 6) is 0. The average Bonchev–Trinajstić information content (AvgIpc) is 2.50. The van der Waals surface area contributed by atoms with Crippen molar-refractivity contribution in [2.75, 3.05) is 13.1 Å². The minimum Gasteiger partial charge on any atom is -0.312 e. The molecular weight excluding hydrogens is 290 g/mol. The Morgan fingerprint density at radius 3 is 2.75 bits per heavy atom. The van der Waals surface area contributed by atoms with Crippen LogP contribution in [0.3, 0.4) is 0 Å². The lowest BCUT2D eigenvalue weighted by molar-refractivity contribution is 0.601. The van der Waals surface area contributed by atoms with Gasteiger partial charge in [-0.25, -0.2) is 8.42 Å². The van der Waals surface area contributed by atoms with Crippen molar-refractivity contribution in [3.8, 4) is 0 Å². The van der Waals surface area contributed by atoms with Crippen molar-refractivity contribution >= 4 is 31.8 Å². The van der Waals surface area contributed by atoms with Gasteiger partial charge in [0.25, 0.3) is 0 Å². The number of hydrogen-bond donors (Lipinski definition) is 1. The third-order valence-electron chi connectivity index (χ3n) is 2.50. The number of rotatable bonds is 3. The molecule has 2 rings (SSSR count). The average molecular weight is 302 g/mol. The second kappa shape index (κ2) is 4.31. The summed E-state index contributed by atoms with van der Waals surface area (Å²) in [4.78, 5) is 0.839. The summed E-state index contributed by atoms with van der Waals surface area (Å²) in [6, 6.07) is 5.23. The summed E-state index contributed by atoms with van der Waals surface area (Å²) in [5.41, 5.74) is 0.760. The molecule has 0 saturated carbocycles. The normalized spacial score (nSPS) is 17.0. The molecule has 0 amide bonds. The number of hydrogen-bond acceptors (Lipinski definition) is 3. The highest BCUT2D eigenvalue weighted by atomic mass is 79.9. The molecule has 1 aliphatic rings. The molecule has 0 atom stereocenters. The van der Waals surface area contributed by atoms with Gasteiger partial charge >= 0.3 is 0 Å². The number of nitrogens with one attached hydrogen (secondary N) is 1. The van der Waals surface area contributed by atoms with E-state index in [1.54, 1.807) is 18.2 Å². The molecule has 0 unspecified atom stereocenters. The van der Waals surface area contributed by atoms with Crippen LogP contribution in [0.25, 0.3) is 6.08 Å². The van der Waals surface area contributed by atoms with Gasteiger partial charge in [-0.15, -0.1) is 0 Å². The number of halogens is 1. The SMILES string of the molecule is CCNCC1=Cc2c(Br)cccc2S1(=O)=O. The van der Waals surface area contributed by atoms with Crippen molar-refractivity contribution < 1.29 is 8.42 Å². The first-order chi connectivity index (χ1) is 7.57. The minimum absolute atomic E-state index is 0.389. The fourth-order valence-corrected chi connectivity index (χ4v) is 3.84. The topological polar surface area (TPSA) is 46.2 Å². The first-order valence-electron chi connectivity index (χ1n) is 5.02. The van der Waals surface area contributed by atoms with Crippen LogP contribution < -0.4 is 5.32 Å². The number of benzene rings is 1. The molecule has 1 heterocycles. The molecule has 0 saturated heterocycles. The predicted octanol–water partition coefficient (Wildman–Crippen LogP) is 2.19. The molecule has 0 aromatic heterocycles. The van der Waals surface area contributed by atoms with E-state index in [-0.39, 0.29) is 0 Å². The summed E-state index contributed by atoms with van der Waals surface area (Å²) >= 11 is 3.37. The maximum absolute atomic E-state index is 12.1. The third kappa shape index (κ3) is 1.83. The Morgan fingerprint density at radius 2 is 2.12 bits per heavy atom. The fourth-order valence-electron chi connectivity index (χ4n) is 1.67. The monoisotopic (exact) mass is 301 g/mol. The van der Waals surface area contributed by atoms with Crippen molar-refractivity contribution in [1.82, 2.24) is 5.32 Å². The highest BCUT2D eigenvalue weighted by Gasteiger charge is 2.29. The molecule has 1 aromatic carbocycles. The minimum atomic E-state index is -3.27. The highest BCUT2D eigenvalue weighted by Crippen LogP contribution is 2.36. The van der Waals surface area contributed by atoms with Gasteiger partial charge in [-0.2, -0.15) is 0 Å². The van der Waals surface area contributed by atoms with Gasteiger partial charge < -0.3 is 5.32 Å². The van der Waals surface area contributed by atoms with E-state index < -0.39 is 9.84 Å². The van der Waals surface area contributed by atoms with Gasteiger partial charge in [0.2, 0.25) is 9.84 Å². The van der Waals surface area contributed by atoms with Gasteiger partial charge in [0.1, 0.15) is 0 Å². The van der Waals surface area contributed by atoms with E-state index in [0.717, 1.165) is 16.6 Å². The van der Waals surface area contributed by atoms with E-state index in [1.807, 2.05) is 13.0 Å². The van der Waals surface area contributed by atoms with Crippen LogP contribution in [-0.2, 0) is 9.84 Å². The Kier molecular flexibility index (Phi) is 3.19. The largest absolute Gasteiger partial charge is 0.312 e. The molecule has 5 heteroatoms. The molecule has 0 fully saturated rings. The van der Waals surface area contributed by atoms with Crippen molar-refractivity contribution in [3.63, 3.8) is 0 Å². The first-order valence-corrected chi connectivity index (χ1v) is 7.30. The van der Waals surface area contributed by atoms with E-state index in [2.05, 4.69) is 21.2 Å². The molecule has 3 nitrogen and oxygen atoms in total. The lowest BCUT2D eigenvalue weighted by Gasteiger charge is -2.03. The Labute approximate surface area is 104 Å². The number of sulfone groups is 1. The van der Waals surface area contributed by atoms with Crippen LogP contribution in [0.2, 0.25) is 0 Å². The lowest BCUT2D eigenvalue weighted by Crippen LogP contribution is -2.19.